The fourth-order valence-corrected chi connectivity index (χ4v) is 0.922. The SMILES string of the molecule is CC(C)(C)/[N+]([O-])=C/c1ccc(F)c(F)c1. The smallest absolute Gasteiger partial charge is 0.182 e. The van der Waals surface area contributed by atoms with E-state index in [9.17, 15) is 14.0 Å². The molecule has 0 unspecified atom stereocenters. The van der Waals surface area contributed by atoms with Gasteiger partial charge in [-0.25, -0.2) is 13.5 Å². The highest BCUT2D eigenvalue weighted by atomic mass is 19.2. The van der Waals surface area contributed by atoms with E-state index in [2.05, 4.69) is 0 Å². The van der Waals surface area contributed by atoms with Gasteiger partial charge in [0.1, 0.15) is 0 Å². The van der Waals surface area contributed by atoms with Crippen LogP contribution in [0.25, 0.3) is 0 Å². The number of halogens is 2. The standard InChI is InChI=1S/C11H13F2NO/c1-11(2,3)14(15)7-8-4-5-9(12)10(13)6-8/h4-7H,1-3H3/b14-7-. The third-order valence-electron chi connectivity index (χ3n) is 1.87. The Hall–Kier alpha value is -1.45. The van der Waals surface area contributed by atoms with Crippen LogP contribution in [-0.2, 0) is 0 Å². The number of nitrogens with zero attached hydrogens (tertiary/aromatic N) is 1. The number of hydrogen-bond acceptors (Lipinski definition) is 1. The summed E-state index contributed by atoms with van der Waals surface area (Å²) in [6, 6.07) is 3.35. The summed E-state index contributed by atoms with van der Waals surface area (Å²) in [5.41, 5.74) is -0.246. The number of hydrogen-bond donors (Lipinski definition) is 0. The molecule has 0 aliphatic rings. The lowest BCUT2D eigenvalue weighted by atomic mass is 10.1. The van der Waals surface area contributed by atoms with Crippen molar-refractivity contribution in [2.75, 3.05) is 0 Å². The van der Waals surface area contributed by atoms with Gasteiger partial charge in [-0.3, -0.25) is 0 Å². The highest BCUT2D eigenvalue weighted by Crippen LogP contribution is 2.09. The Balaban J connectivity index is 3.04. The highest BCUT2D eigenvalue weighted by molar-refractivity contribution is 5.75. The fraction of sp³-hybridized carbons (Fsp3) is 0.364. The molecule has 0 fully saturated rings. The summed E-state index contributed by atoms with van der Waals surface area (Å²) in [6.45, 7) is 5.20. The predicted molar refractivity (Wildman–Crippen MR) is 54.9 cm³/mol. The first-order valence-corrected chi connectivity index (χ1v) is 4.57. The first-order valence-electron chi connectivity index (χ1n) is 4.57. The Morgan fingerprint density at radius 3 is 2.27 bits per heavy atom. The van der Waals surface area contributed by atoms with Gasteiger partial charge in [-0.1, -0.05) is 0 Å². The molecule has 0 N–H and O–H groups in total. The van der Waals surface area contributed by atoms with Gasteiger partial charge >= 0.3 is 0 Å². The second kappa shape index (κ2) is 3.96. The van der Waals surface area contributed by atoms with Gasteiger partial charge in [0.2, 0.25) is 0 Å². The minimum atomic E-state index is -0.953. The van der Waals surface area contributed by atoms with E-state index >= 15 is 0 Å². The van der Waals surface area contributed by atoms with Gasteiger partial charge in [0, 0.05) is 26.3 Å². The van der Waals surface area contributed by atoms with Gasteiger partial charge in [-0.2, -0.15) is 0 Å². The van der Waals surface area contributed by atoms with Crippen LogP contribution in [0.5, 0.6) is 0 Å². The van der Waals surface area contributed by atoms with Crippen LogP contribution >= 0.6 is 0 Å². The third-order valence-corrected chi connectivity index (χ3v) is 1.87. The van der Waals surface area contributed by atoms with Crippen LogP contribution in [0.3, 0.4) is 0 Å². The Bertz CT molecular complexity index is 394. The number of hydroxylamine groups is 1. The molecule has 15 heavy (non-hydrogen) atoms. The largest absolute Gasteiger partial charge is 0.623 e. The van der Waals surface area contributed by atoms with E-state index < -0.39 is 17.2 Å². The molecule has 0 saturated carbocycles. The summed E-state index contributed by atoms with van der Waals surface area (Å²) in [4.78, 5) is 0. The van der Waals surface area contributed by atoms with Crippen molar-refractivity contribution in [1.29, 1.82) is 0 Å². The zero-order valence-electron chi connectivity index (χ0n) is 8.92. The topological polar surface area (TPSA) is 26.1 Å². The molecule has 2 nitrogen and oxygen atoms in total. The maximum Gasteiger partial charge on any atom is 0.182 e. The second-order valence-corrected chi connectivity index (χ2v) is 4.30. The van der Waals surface area contributed by atoms with Crippen LogP contribution in [0.4, 0.5) is 8.78 Å². The van der Waals surface area contributed by atoms with Crippen LogP contribution < -0.4 is 0 Å². The minimum absolute atomic E-state index is 0.346. The normalized spacial score (nSPS) is 13.0. The zero-order chi connectivity index (χ0) is 11.6. The maximum absolute atomic E-state index is 12.8. The van der Waals surface area contributed by atoms with Crippen LogP contribution in [0.15, 0.2) is 18.2 Å². The van der Waals surface area contributed by atoms with Crippen LogP contribution in [0.1, 0.15) is 26.3 Å². The van der Waals surface area contributed by atoms with Crippen molar-refractivity contribution < 1.29 is 13.5 Å². The first-order chi connectivity index (χ1) is 6.80. The van der Waals surface area contributed by atoms with Gasteiger partial charge in [0.05, 0.1) is 0 Å². The molecule has 4 heteroatoms. The summed E-state index contributed by atoms with van der Waals surface area (Å²) < 4.78 is 26.1. The van der Waals surface area contributed by atoms with E-state index in [1.54, 1.807) is 20.8 Å². The van der Waals surface area contributed by atoms with E-state index in [0.29, 0.717) is 10.3 Å². The van der Waals surface area contributed by atoms with Crippen molar-refractivity contribution >= 4 is 6.21 Å². The number of rotatable bonds is 1. The molecule has 0 atom stereocenters. The molecule has 0 amide bonds. The molecule has 0 bridgehead atoms. The zero-order valence-corrected chi connectivity index (χ0v) is 8.92. The molecule has 0 spiro atoms. The first kappa shape index (κ1) is 11.6. The van der Waals surface area contributed by atoms with E-state index in [4.69, 9.17) is 0 Å². The Morgan fingerprint density at radius 1 is 1.20 bits per heavy atom. The molecule has 0 saturated heterocycles. The van der Waals surface area contributed by atoms with Crippen LogP contribution in [0.2, 0.25) is 0 Å². The molecule has 1 aromatic carbocycles. The van der Waals surface area contributed by atoms with Gasteiger partial charge in [0.25, 0.3) is 0 Å². The molecule has 0 radical (unpaired) electrons. The summed E-state index contributed by atoms with van der Waals surface area (Å²) in [7, 11) is 0. The number of benzene rings is 1. The molecule has 0 aliphatic carbocycles. The molecule has 1 rings (SSSR count). The van der Waals surface area contributed by atoms with Gasteiger partial charge in [-0.15, -0.1) is 0 Å². The Labute approximate surface area is 87.4 Å². The summed E-state index contributed by atoms with van der Waals surface area (Å²) in [6.07, 6.45) is 1.24. The summed E-state index contributed by atoms with van der Waals surface area (Å²) in [5, 5.41) is 11.5. The van der Waals surface area contributed by atoms with Crippen LogP contribution in [0, 0.1) is 16.8 Å². The van der Waals surface area contributed by atoms with Crippen molar-refractivity contribution in [2.45, 2.75) is 26.3 Å². The van der Waals surface area contributed by atoms with Gasteiger partial charge in [0.15, 0.2) is 23.4 Å². The lowest BCUT2D eigenvalue weighted by molar-refractivity contribution is -0.530. The highest BCUT2D eigenvalue weighted by Gasteiger charge is 2.18. The van der Waals surface area contributed by atoms with E-state index in [1.807, 2.05) is 0 Å². The average Bonchev–Trinajstić information content (AvgIpc) is 2.10. The van der Waals surface area contributed by atoms with Crippen LogP contribution in [-0.4, -0.2) is 16.5 Å². The van der Waals surface area contributed by atoms with E-state index in [0.717, 1.165) is 12.1 Å². The molecule has 1 aromatic rings. The van der Waals surface area contributed by atoms with Crippen molar-refractivity contribution in [2.24, 2.45) is 0 Å². The third kappa shape index (κ3) is 3.01. The lowest BCUT2D eigenvalue weighted by Gasteiger charge is -2.18. The average molecular weight is 213 g/mol. The minimum Gasteiger partial charge on any atom is -0.623 e. The Morgan fingerprint density at radius 2 is 1.80 bits per heavy atom. The van der Waals surface area contributed by atoms with Crippen molar-refractivity contribution in [3.05, 3.63) is 40.6 Å². The Kier molecular flexibility index (Phi) is 3.07. The van der Waals surface area contributed by atoms with Gasteiger partial charge < -0.3 is 5.21 Å². The molecular weight excluding hydrogens is 200 g/mol. The summed E-state index contributed by atoms with van der Waals surface area (Å²) >= 11 is 0. The maximum atomic E-state index is 12.8. The quantitative estimate of drug-likeness (QED) is 0.305. The van der Waals surface area contributed by atoms with E-state index in [-0.39, 0.29) is 0 Å². The van der Waals surface area contributed by atoms with E-state index in [1.165, 1.54) is 12.3 Å². The molecule has 0 aliphatic heterocycles. The van der Waals surface area contributed by atoms with Gasteiger partial charge in [-0.05, 0) is 18.2 Å². The fourth-order valence-electron chi connectivity index (χ4n) is 0.922. The molecule has 82 valence electrons. The lowest BCUT2D eigenvalue weighted by Crippen LogP contribution is -2.29. The molecular formula is C11H13F2NO. The monoisotopic (exact) mass is 213 g/mol. The van der Waals surface area contributed by atoms with Crippen molar-refractivity contribution in [3.8, 4) is 0 Å². The summed E-state index contributed by atoms with van der Waals surface area (Å²) in [5.74, 6) is -1.87. The van der Waals surface area contributed by atoms with Crippen molar-refractivity contribution in [3.63, 3.8) is 0 Å². The molecule has 0 aromatic heterocycles. The predicted octanol–water partition coefficient (Wildman–Crippen LogP) is 2.69. The molecule has 0 heterocycles. The second-order valence-electron chi connectivity index (χ2n) is 4.30. The van der Waals surface area contributed by atoms with Crippen molar-refractivity contribution in [1.82, 2.24) is 0 Å².